The van der Waals surface area contributed by atoms with Gasteiger partial charge in [0.05, 0.1) is 10.9 Å². The van der Waals surface area contributed by atoms with E-state index in [9.17, 15) is 4.79 Å². The van der Waals surface area contributed by atoms with Gasteiger partial charge in [0.2, 0.25) is 5.91 Å². The molecule has 0 unspecified atom stereocenters. The summed E-state index contributed by atoms with van der Waals surface area (Å²) in [5.74, 6) is 0.861. The summed E-state index contributed by atoms with van der Waals surface area (Å²) in [6.07, 6.45) is 4.44. The molecule has 8 heteroatoms. The molecule has 1 N–H and O–H groups in total. The number of aromatic nitrogens is 3. The van der Waals surface area contributed by atoms with Crippen molar-refractivity contribution in [3.8, 4) is 0 Å². The lowest BCUT2D eigenvalue weighted by Gasteiger charge is -2.32. The zero-order chi connectivity index (χ0) is 16.1. The predicted octanol–water partition coefficient (Wildman–Crippen LogP) is 2.16. The Morgan fingerprint density at radius 3 is 3.09 bits per heavy atom. The molecule has 0 saturated carbocycles. The molecule has 0 bridgehead atoms. The van der Waals surface area contributed by atoms with Gasteiger partial charge >= 0.3 is 0 Å². The molecule has 1 aliphatic rings. The van der Waals surface area contributed by atoms with E-state index in [1.165, 1.54) is 0 Å². The van der Waals surface area contributed by atoms with Gasteiger partial charge in [0.25, 0.3) is 0 Å². The summed E-state index contributed by atoms with van der Waals surface area (Å²) in [6, 6.07) is 3.57. The van der Waals surface area contributed by atoms with Crippen molar-refractivity contribution in [2.24, 2.45) is 5.92 Å². The topological polar surface area (TPSA) is 71.0 Å². The summed E-state index contributed by atoms with van der Waals surface area (Å²) < 4.78 is 0. The van der Waals surface area contributed by atoms with E-state index >= 15 is 0 Å². The van der Waals surface area contributed by atoms with Gasteiger partial charge in [-0.05, 0) is 25.0 Å². The van der Waals surface area contributed by atoms with Crippen LogP contribution in [0.4, 0.5) is 5.82 Å². The second kappa shape index (κ2) is 7.70. The van der Waals surface area contributed by atoms with Crippen LogP contribution < -0.4 is 10.2 Å². The van der Waals surface area contributed by atoms with E-state index in [1.54, 1.807) is 23.6 Å². The van der Waals surface area contributed by atoms with E-state index < -0.39 is 0 Å². The zero-order valence-electron chi connectivity index (χ0n) is 12.6. The van der Waals surface area contributed by atoms with Crippen LogP contribution in [0.1, 0.15) is 17.8 Å². The molecule has 1 saturated heterocycles. The van der Waals surface area contributed by atoms with Gasteiger partial charge in [-0.1, -0.05) is 11.6 Å². The van der Waals surface area contributed by atoms with Crippen molar-refractivity contribution < 1.29 is 4.79 Å². The van der Waals surface area contributed by atoms with Crippen LogP contribution in [-0.4, -0.2) is 40.7 Å². The molecule has 0 aliphatic carbocycles. The maximum atomic E-state index is 12.3. The zero-order valence-corrected chi connectivity index (χ0v) is 14.2. The fraction of sp³-hybridized carbons (Fsp3) is 0.467. The predicted molar refractivity (Wildman–Crippen MR) is 90.8 cm³/mol. The third-order valence-corrected chi connectivity index (χ3v) is 4.90. The highest BCUT2D eigenvalue weighted by atomic mass is 35.5. The van der Waals surface area contributed by atoms with Gasteiger partial charge in [-0.3, -0.25) is 4.79 Å². The van der Waals surface area contributed by atoms with Gasteiger partial charge in [-0.2, -0.15) is 0 Å². The summed E-state index contributed by atoms with van der Waals surface area (Å²) in [6.45, 7) is 2.18. The monoisotopic (exact) mass is 351 g/mol. The van der Waals surface area contributed by atoms with Crippen molar-refractivity contribution >= 4 is 34.7 Å². The summed E-state index contributed by atoms with van der Waals surface area (Å²) >= 11 is 7.38. The second-order valence-corrected chi connectivity index (χ2v) is 6.83. The molecule has 122 valence electrons. The van der Waals surface area contributed by atoms with Crippen LogP contribution in [0.2, 0.25) is 5.15 Å². The minimum Gasteiger partial charge on any atom is -0.355 e. The number of carbonyl (C=O) groups excluding carboxylic acids is 1. The molecule has 1 amide bonds. The first-order valence-electron chi connectivity index (χ1n) is 7.62. The third kappa shape index (κ3) is 4.39. The fourth-order valence-electron chi connectivity index (χ4n) is 2.69. The quantitative estimate of drug-likeness (QED) is 0.893. The number of nitrogens with zero attached hydrogens (tertiary/aromatic N) is 4. The molecule has 1 atom stereocenters. The van der Waals surface area contributed by atoms with Crippen LogP contribution >= 0.6 is 22.9 Å². The summed E-state index contributed by atoms with van der Waals surface area (Å²) in [5.41, 5.74) is 0. The number of anilines is 1. The van der Waals surface area contributed by atoms with Crippen molar-refractivity contribution in [1.29, 1.82) is 0 Å². The highest BCUT2D eigenvalue weighted by molar-refractivity contribution is 7.09. The summed E-state index contributed by atoms with van der Waals surface area (Å²) in [4.78, 5) is 18.7. The van der Waals surface area contributed by atoms with Crippen molar-refractivity contribution in [3.63, 3.8) is 0 Å². The number of hydrogen-bond donors (Lipinski definition) is 1. The first-order chi connectivity index (χ1) is 11.2. The highest BCUT2D eigenvalue weighted by Gasteiger charge is 2.26. The van der Waals surface area contributed by atoms with Crippen molar-refractivity contribution in [1.82, 2.24) is 20.5 Å². The van der Waals surface area contributed by atoms with Gasteiger partial charge in [0.15, 0.2) is 11.0 Å². The molecule has 3 heterocycles. The fourth-order valence-corrected chi connectivity index (χ4v) is 3.41. The van der Waals surface area contributed by atoms with Gasteiger partial charge in [0, 0.05) is 37.6 Å². The number of thiazole rings is 1. The van der Waals surface area contributed by atoms with E-state index in [-0.39, 0.29) is 11.8 Å². The average Bonchev–Trinajstić information content (AvgIpc) is 3.09. The molecular weight excluding hydrogens is 334 g/mol. The lowest BCUT2D eigenvalue weighted by Crippen LogP contribution is -2.43. The molecule has 1 aliphatic heterocycles. The average molecular weight is 352 g/mol. The highest BCUT2D eigenvalue weighted by Crippen LogP contribution is 2.22. The maximum Gasteiger partial charge on any atom is 0.224 e. The minimum atomic E-state index is -0.0162. The van der Waals surface area contributed by atoms with Crippen molar-refractivity contribution in [2.45, 2.75) is 19.3 Å². The van der Waals surface area contributed by atoms with E-state index in [0.717, 1.165) is 36.6 Å². The normalized spacial score (nSPS) is 18.0. The van der Waals surface area contributed by atoms with Gasteiger partial charge in [0.1, 0.15) is 0 Å². The van der Waals surface area contributed by atoms with Crippen LogP contribution in [0.3, 0.4) is 0 Å². The lowest BCUT2D eigenvalue weighted by molar-refractivity contribution is -0.125. The molecule has 2 aromatic heterocycles. The Hall–Kier alpha value is -1.73. The summed E-state index contributed by atoms with van der Waals surface area (Å²) in [7, 11) is 0. The van der Waals surface area contributed by atoms with E-state index in [4.69, 9.17) is 11.6 Å². The van der Waals surface area contributed by atoms with Gasteiger partial charge < -0.3 is 10.2 Å². The molecule has 2 aromatic rings. The van der Waals surface area contributed by atoms with E-state index in [1.807, 2.05) is 11.4 Å². The largest absolute Gasteiger partial charge is 0.355 e. The molecule has 6 nitrogen and oxygen atoms in total. The van der Waals surface area contributed by atoms with E-state index in [0.29, 0.717) is 18.2 Å². The van der Waals surface area contributed by atoms with Crippen LogP contribution in [-0.2, 0) is 11.2 Å². The Bertz CT molecular complexity index is 634. The van der Waals surface area contributed by atoms with Crippen LogP contribution in [0.5, 0.6) is 0 Å². The number of halogens is 1. The molecule has 1 fully saturated rings. The number of nitrogens with one attached hydrogen (secondary N) is 1. The lowest BCUT2D eigenvalue weighted by atomic mass is 9.97. The molecule has 23 heavy (non-hydrogen) atoms. The Kier molecular flexibility index (Phi) is 5.40. The number of amides is 1. The van der Waals surface area contributed by atoms with Gasteiger partial charge in [-0.25, -0.2) is 4.98 Å². The van der Waals surface area contributed by atoms with Crippen molar-refractivity contribution in [2.75, 3.05) is 24.5 Å². The first-order valence-corrected chi connectivity index (χ1v) is 8.88. The number of carbonyl (C=O) groups is 1. The number of rotatable bonds is 5. The Labute approximate surface area is 143 Å². The SMILES string of the molecule is O=C(NCCc1nccs1)[C@H]1CCCN(c2ccc(Cl)nn2)C1. The van der Waals surface area contributed by atoms with Gasteiger partial charge in [-0.15, -0.1) is 21.5 Å². The number of piperidine rings is 1. The van der Waals surface area contributed by atoms with Crippen molar-refractivity contribution in [3.05, 3.63) is 33.9 Å². The Balaban J connectivity index is 1.51. The summed E-state index contributed by atoms with van der Waals surface area (Å²) in [5, 5.41) is 14.4. The smallest absolute Gasteiger partial charge is 0.224 e. The Morgan fingerprint density at radius 2 is 2.35 bits per heavy atom. The minimum absolute atomic E-state index is 0.0162. The molecule has 0 spiro atoms. The molecule has 3 rings (SSSR count). The van der Waals surface area contributed by atoms with Crippen LogP contribution in [0.25, 0.3) is 0 Å². The van der Waals surface area contributed by atoms with Crippen LogP contribution in [0.15, 0.2) is 23.7 Å². The third-order valence-electron chi connectivity index (χ3n) is 3.86. The van der Waals surface area contributed by atoms with E-state index in [2.05, 4.69) is 25.4 Å². The first kappa shape index (κ1) is 16.1. The molecule has 0 radical (unpaired) electrons. The molecular formula is C15H18ClN5OS. The maximum absolute atomic E-state index is 12.3. The molecule has 0 aromatic carbocycles. The number of hydrogen-bond acceptors (Lipinski definition) is 6. The Morgan fingerprint density at radius 1 is 1.43 bits per heavy atom. The standard InChI is InChI=1S/C15H18ClN5OS/c16-12-3-4-13(20-19-12)21-8-1-2-11(10-21)15(22)18-6-5-14-17-7-9-23-14/h3-4,7,9,11H,1-2,5-6,8,10H2,(H,18,22)/t11-/m0/s1. The van der Waals surface area contributed by atoms with Crippen LogP contribution in [0, 0.1) is 5.92 Å². The second-order valence-electron chi connectivity index (χ2n) is 5.47.